The number of carbonyl (C=O) groups is 2. The van der Waals surface area contributed by atoms with Gasteiger partial charge in [-0.05, 0) is 37.0 Å². The molecule has 3 aromatic carbocycles. The highest BCUT2D eigenvalue weighted by Gasteiger charge is 2.71. The predicted molar refractivity (Wildman–Crippen MR) is 223 cm³/mol. The first-order chi connectivity index (χ1) is 30.8. The molecule has 1 saturated heterocycles. The van der Waals surface area contributed by atoms with Crippen molar-refractivity contribution in [2.24, 2.45) is 22.4 Å². The van der Waals surface area contributed by atoms with E-state index in [9.17, 15) is 35.1 Å². The molecule has 1 aliphatic carbocycles. The maximum Gasteiger partial charge on any atom is 0.317 e. The van der Waals surface area contributed by atoms with Crippen LogP contribution in [0.4, 0.5) is 0 Å². The number of carbonyl (C=O) groups excluding carboxylic acids is 1. The number of carboxylic acids is 1. The van der Waals surface area contributed by atoms with E-state index in [0.29, 0.717) is 53.8 Å². The van der Waals surface area contributed by atoms with Gasteiger partial charge < -0.3 is 70.2 Å². The van der Waals surface area contributed by atoms with Gasteiger partial charge >= 0.3 is 11.9 Å². The van der Waals surface area contributed by atoms with Crippen molar-refractivity contribution < 1.29 is 73.2 Å². The zero-order chi connectivity index (χ0) is 44.7. The lowest BCUT2D eigenvalue weighted by atomic mass is 9.60. The summed E-state index contributed by atoms with van der Waals surface area (Å²) in [6, 6.07) is 15.5. The fourth-order valence-electron chi connectivity index (χ4n) is 11.0. The second kappa shape index (κ2) is 16.1. The summed E-state index contributed by atoms with van der Waals surface area (Å²) in [5.74, 6) is -1.71. The molecule has 18 nitrogen and oxygen atoms in total. The Bertz CT molecular complexity index is 2460. The van der Waals surface area contributed by atoms with Gasteiger partial charge in [0.05, 0.1) is 25.8 Å². The lowest BCUT2D eigenvalue weighted by Crippen LogP contribution is -3.05. The molecule has 0 amide bonds. The van der Waals surface area contributed by atoms with Gasteiger partial charge in [-0.3, -0.25) is 19.5 Å². The summed E-state index contributed by atoms with van der Waals surface area (Å²) in [6.45, 7) is 0.832. The molecule has 338 valence electrons. The van der Waals surface area contributed by atoms with Gasteiger partial charge in [0.25, 0.3) is 0 Å². The molecule has 10 N–H and O–H groups in total. The summed E-state index contributed by atoms with van der Waals surface area (Å²) in [6.07, 6.45) is -3.93. The van der Waals surface area contributed by atoms with Crippen molar-refractivity contribution in [2.75, 3.05) is 26.9 Å². The topological polar surface area (TPSA) is 269 Å². The number of nitrogens with zero attached hydrogens (tertiary/aromatic N) is 1. The van der Waals surface area contributed by atoms with Gasteiger partial charge in [-0.1, -0.05) is 36.4 Å². The summed E-state index contributed by atoms with van der Waals surface area (Å²) < 4.78 is 44.6. The first-order valence-corrected chi connectivity index (χ1v) is 21.5. The number of aliphatic hydroxyl groups is 4. The molecule has 6 heterocycles. The van der Waals surface area contributed by atoms with Gasteiger partial charge in [0.2, 0.25) is 12.0 Å². The van der Waals surface area contributed by atoms with Gasteiger partial charge in [0.15, 0.2) is 23.2 Å². The molecule has 2 bridgehead atoms. The molecule has 0 radical (unpaired) electrons. The SMILES string of the molecule is COc1ccc2c(c1OCCO)OC1c3c(cc4c(c3C[NH+]3C=C5N=CC=C5C3)CC3CCC5(O)C(C(OC(=O)CC(=O)O)C(N)N)OC(O4)C3(O)C5O)OC(Cc3ccccc3)C21. The molecular weight excluding hydrogens is 833 g/mol. The zero-order valence-corrected chi connectivity index (χ0v) is 34.9. The number of carboxylic acid groups (broad SMARTS) is 1. The molecule has 10 rings (SSSR count). The van der Waals surface area contributed by atoms with Crippen molar-refractivity contribution in [1.29, 1.82) is 0 Å². The molecule has 7 aliphatic rings. The van der Waals surface area contributed by atoms with E-state index >= 15 is 0 Å². The number of aliphatic hydroxyl groups excluding tert-OH is 2. The van der Waals surface area contributed by atoms with E-state index in [4.69, 9.17) is 44.6 Å². The number of methoxy groups -OCH3 is 1. The molecule has 1 saturated carbocycles. The van der Waals surface area contributed by atoms with Crippen molar-refractivity contribution in [2.45, 2.75) is 98.7 Å². The van der Waals surface area contributed by atoms with E-state index in [1.54, 1.807) is 19.4 Å². The van der Waals surface area contributed by atoms with Crippen molar-refractivity contribution >= 4 is 18.2 Å². The molecule has 64 heavy (non-hydrogen) atoms. The average Bonchev–Trinajstić information content (AvgIpc) is 3.96. The van der Waals surface area contributed by atoms with Gasteiger partial charge in [-0.2, -0.15) is 0 Å². The maximum atomic E-state index is 12.7. The molecule has 0 spiro atoms. The van der Waals surface area contributed by atoms with Crippen LogP contribution in [0.1, 0.15) is 59.1 Å². The van der Waals surface area contributed by atoms with E-state index < -0.39 is 78.5 Å². The Morgan fingerprint density at radius 2 is 1.89 bits per heavy atom. The Balaban J connectivity index is 1.12. The number of allylic oxidation sites excluding steroid dienone is 1. The second-order valence-corrected chi connectivity index (χ2v) is 17.6. The third kappa shape index (κ3) is 6.82. The van der Waals surface area contributed by atoms with E-state index in [0.717, 1.165) is 38.4 Å². The minimum atomic E-state index is -2.24. The van der Waals surface area contributed by atoms with Gasteiger partial charge in [-0.25, -0.2) is 0 Å². The first-order valence-electron chi connectivity index (χ1n) is 21.5. The van der Waals surface area contributed by atoms with E-state index in [2.05, 4.69) is 11.2 Å². The highest BCUT2D eigenvalue weighted by molar-refractivity contribution is 5.90. The van der Waals surface area contributed by atoms with E-state index in [1.807, 2.05) is 48.5 Å². The molecule has 11 atom stereocenters. The van der Waals surface area contributed by atoms with Crippen LogP contribution in [0, 0.1) is 5.92 Å². The summed E-state index contributed by atoms with van der Waals surface area (Å²) in [5, 5.41) is 56.1. The fourth-order valence-corrected chi connectivity index (χ4v) is 11.0. The minimum Gasteiger partial charge on any atom is -0.493 e. The number of rotatable bonds is 13. The first kappa shape index (κ1) is 42.4. The monoisotopic (exact) mass is 883 g/mol. The standard InChI is InChI=1S/C46H50N4O14/c1-58-29-8-7-25-35-31(15-22-5-3-2-4-6-22)60-32-17-30-26(27(20-50-19-23-10-12-49-28(23)21-50)36(32)39(35)63-37(25)38(29)59-14-13-51)16-24-9-11-45(56)41(64-44(61-30)46(24,57)43(45)55)40(42(47)48)62-34(54)18-33(52)53/h2-8,10,12,17,21,24,31,35,39-44,51,55-57H,9,11,13-16,18-20,47-48H2,1H3,(H,52,53)/p+1. The lowest BCUT2D eigenvalue weighted by Gasteiger charge is -2.60. The number of benzene rings is 3. The summed E-state index contributed by atoms with van der Waals surface area (Å²) in [5.41, 5.74) is 13.9. The quantitative estimate of drug-likeness (QED) is 0.0641. The Morgan fingerprint density at radius 1 is 1.08 bits per heavy atom. The van der Waals surface area contributed by atoms with Crippen LogP contribution in [0.25, 0.3) is 0 Å². The summed E-state index contributed by atoms with van der Waals surface area (Å²) in [7, 11) is 1.54. The number of ether oxygens (including phenoxy) is 7. The smallest absolute Gasteiger partial charge is 0.317 e. The van der Waals surface area contributed by atoms with Crippen LogP contribution < -0.4 is 40.1 Å². The third-order valence-electron chi connectivity index (χ3n) is 13.9. The minimum absolute atomic E-state index is 0.00551. The number of hydrogen-bond acceptors (Lipinski definition) is 16. The van der Waals surface area contributed by atoms with Crippen LogP contribution >= 0.6 is 0 Å². The number of aliphatic carboxylic acids is 1. The summed E-state index contributed by atoms with van der Waals surface area (Å²) in [4.78, 5) is 29.7. The van der Waals surface area contributed by atoms with Crippen LogP contribution in [-0.2, 0) is 38.4 Å². The Morgan fingerprint density at radius 3 is 2.62 bits per heavy atom. The normalized spacial score (nSPS) is 31.6. The third-order valence-corrected chi connectivity index (χ3v) is 13.9. The molecule has 3 aromatic rings. The number of nitrogens with one attached hydrogen (secondary N) is 1. The Kier molecular flexibility index (Phi) is 10.7. The Hall–Kier alpha value is -5.57. The van der Waals surface area contributed by atoms with Crippen molar-refractivity contribution in [3.05, 3.63) is 99.9 Å². The molecule has 11 unspecified atom stereocenters. The van der Waals surface area contributed by atoms with Crippen LogP contribution in [0.15, 0.2) is 77.1 Å². The second-order valence-electron chi connectivity index (χ2n) is 17.6. The molecule has 0 aromatic heterocycles. The fraction of sp³-hybridized carbons (Fsp3) is 0.457. The van der Waals surface area contributed by atoms with Crippen molar-refractivity contribution in [3.63, 3.8) is 0 Å². The zero-order valence-electron chi connectivity index (χ0n) is 34.9. The number of nitrogens with two attached hydrogens (primary N) is 2. The van der Waals surface area contributed by atoms with Crippen molar-refractivity contribution in [3.8, 4) is 28.7 Å². The number of hydrogen-bond donors (Lipinski definition) is 8. The van der Waals surface area contributed by atoms with Crippen LogP contribution in [0.3, 0.4) is 0 Å². The van der Waals surface area contributed by atoms with Gasteiger partial charge in [0, 0.05) is 52.4 Å². The summed E-state index contributed by atoms with van der Waals surface area (Å²) >= 11 is 0. The van der Waals surface area contributed by atoms with Crippen molar-refractivity contribution in [1.82, 2.24) is 0 Å². The molecule has 2 fully saturated rings. The van der Waals surface area contributed by atoms with E-state index in [1.165, 1.54) is 0 Å². The van der Waals surface area contributed by atoms with Gasteiger partial charge in [0.1, 0.15) is 79.5 Å². The largest absolute Gasteiger partial charge is 0.493 e. The van der Waals surface area contributed by atoms with Crippen LogP contribution in [0.2, 0.25) is 0 Å². The molecule has 6 aliphatic heterocycles. The lowest BCUT2D eigenvalue weighted by molar-refractivity contribution is -0.851. The number of aliphatic imine (C=N–C) groups is 1. The van der Waals surface area contributed by atoms with E-state index in [-0.39, 0.29) is 38.4 Å². The maximum absolute atomic E-state index is 12.7. The number of fused-ring (bicyclic) bond motifs is 8. The molecular formula is C46H51N4O14+. The Labute approximate surface area is 367 Å². The highest BCUT2D eigenvalue weighted by atomic mass is 16.7. The molecule has 18 heteroatoms. The van der Waals surface area contributed by atoms with Gasteiger partial charge in [-0.15, -0.1) is 0 Å². The van der Waals surface area contributed by atoms with Crippen LogP contribution in [-0.4, -0.2) is 119 Å². The number of quaternary nitrogens is 1. The predicted octanol–water partition coefficient (Wildman–Crippen LogP) is 0.0609. The van der Waals surface area contributed by atoms with Crippen LogP contribution in [0.5, 0.6) is 28.7 Å². The highest BCUT2D eigenvalue weighted by Crippen LogP contribution is 2.61. The number of esters is 1. The average molecular weight is 884 g/mol.